The Labute approximate surface area is 198 Å². The third kappa shape index (κ3) is 5.61. The quantitative estimate of drug-likeness (QED) is 0.379. The zero-order valence-electron chi connectivity index (χ0n) is 18.9. The number of imidazole rings is 1. The Morgan fingerprint density at radius 2 is 2.00 bits per heavy atom. The van der Waals surface area contributed by atoms with Gasteiger partial charge in [0.2, 0.25) is 0 Å². The molecule has 1 aliphatic rings. The largest absolute Gasteiger partial charge is 0.362 e. The lowest BCUT2D eigenvalue weighted by atomic mass is 10.1. The van der Waals surface area contributed by atoms with E-state index in [4.69, 9.17) is 9.72 Å². The van der Waals surface area contributed by atoms with Gasteiger partial charge >= 0.3 is 0 Å². The van der Waals surface area contributed by atoms with Gasteiger partial charge in [0.1, 0.15) is 11.9 Å². The first-order chi connectivity index (χ1) is 16.2. The third-order valence-electron chi connectivity index (χ3n) is 6.05. The van der Waals surface area contributed by atoms with E-state index in [9.17, 15) is 0 Å². The maximum absolute atomic E-state index is 6.72. The Hall–Kier alpha value is -2.74. The van der Waals surface area contributed by atoms with Crippen LogP contribution in [-0.2, 0) is 11.2 Å². The number of ether oxygens (including phenoxy) is 1. The van der Waals surface area contributed by atoms with Crippen molar-refractivity contribution in [3.8, 4) is 0 Å². The van der Waals surface area contributed by atoms with Gasteiger partial charge < -0.3 is 14.6 Å². The number of H-pyrrole nitrogens is 1. The number of rotatable bonds is 8. The Kier molecular flexibility index (Phi) is 7.00. The van der Waals surface area contributed by atoms with Crippen molar-refractivity contribution in [3.63, 3.8) is 0 Å². The van der Waals surface area contributed by atoms with Gasteiger partial charge in [-0.2, -0.15) is 0 Å². The molecular weight excluding hydrogens is 430 g/mol. The molecule has 0 saturated carbocycles. The Morgan fingerprint density at radius 3 is 2.82 bits per heavy atom. The molecule has 0 spiro atoms. The summed E-state index contributed by atoms with van der Waals surface area (Å²) >= 11 is 1.83. The van der Waals surface area contributed by atoms with Crippen molar-refractivity contribution in [2.45, 2.75) is 36.4 Å². The van der Waals surface area contributed by atoms with Gasteiger partial charge in [0.15, 0.2) is 0 Å². The molecule has 0 aliphatic carbocycles. The molecule has 7 heteroatoms. The number of aromatic nitrogens is 4. The summed E-state index contributed by atoms with van der Waals surface area (Å²) in [7, 11) is 2.18. The molecule has 33 heavy (non-hydrogen) atoms. The number of likely N-dealkylation sites (tertiary alicyclic amines) is 1. The molecule has 1 aliphatic heterocycles. The summed E-state index contributed by atoms with van der Waals surface area (Å²) in [5.41, 5.74) is 4.17. The fourth-order valence-corrected chi connectivity index (χ4v) is 5.15. The number of fused-ring (bicyclic) bond motifs is 1. The average Bonchev–Trinajstić information content (AvgIpc) is 3.28. The van der Waals surface area contributed by atoms with Crippen molar-refractivity contribution >= 4 is 22.8 Å². The number of aryl methyl sites for hydroxylation is 1. The molecule has 1 N–H and O–H groups in total. The summed E-state index contributed by atoms with van der Waals surface area (Å²) in [6, 6.07) is 16.8. The highest BCUT2D eigenvalue weighted by atomic mass is 32.2. The lowest BCUT2D eigenvalue weighted by Crippen LogP contribution is -2.35. The second-order valence-corrected chi connectivity index (χ2v) is 9.69. The van der Waals surface area contributed by atoms with E-state index in [2.05, 4.69) is 57.2 Å². The minimum Gasteiger partial charge on any atom is -0.362 e. The van der Waals surface area contributed by atoms with Gasteiger partial charge in [-0.1, -0.05) is 24.3 Å². The molecular formula is C26H29N5OS. The second-order valence-electron chi connectivity index (χ2n) is 8.53. The molecule has 6 nitrogen and oxygen atoms in total. The summed E-state index contributed by atoms with van der Waals surface area (Å²) in [6.45, 7) is 2.13. The minimum atomic E-state index is -0.216. The number of nitrogens with zero attached hydrogens (tertiary/aromatic N) is 4. The highest BCUT2D eigenvalue weighted by Gasteiger charge is 2.26. The van der Waals surface area contributed by atoms with Gasteiger partial charge in [0.05, 0.1) is 22.8 Å². The van der Waals surface area contributed by atoms with E-state index >= 15 is 0 Å². The van der Waals surface area contributed by atoms with Crippen LogP contribution >= 0.6 is 11.8 Å². The van der Waals surface area contributed by atoms with Crippen molar-refractivity contribution in [1.29, 1.82) is 0 Å². The SMILES string of the molecule is CN1CCC(OC(c2cccc(SCCc3cnccn3)c2)c2nc3ccccc3[nH]2)CC1. The number of hydrogen-bond acceptors (Lipinski definition) is 6. The Balaban J connectivity index is 1.36. The van der Waals surface area contributed by atoms with Crippen LogP contribution in [0.25, 0.3) is 11.0 Å². The Morgan fingerprint density at radius 1 is 1.12 bits per heavy atom. The molecule has 1 saturated heterocycles. The van der Waals surface area contributed by atoms with Crippen LogP contribution < -0.4 is 0 Å². The molecule has 1 unspecified atom stereocenters. The second kappa shape index (κ2) is 10.5. The monoisotopic (exact) mass is 459 g/mol. The molecule has 2 aromatic carbocycles. The molecule has 1 atom stereocenters. The van der Waals surface area contributed by atoms with E-state index in [1.54, 1.807) is 12.4 Å². The van der Waals surface area contributed by atoms with Crippen molar-refractivity contribution in [2.75, 3.05) is 25.9 Å². The molecule has 0 bridgehead atoms. The smallest absolute Gasteiger partial charge is 0.141 e. The van der Waals surface area contributed by atoms with Crippen LogP contribution in [0, 0.1) is 0 Å². The summed E-state index contributed by atoms with van der Waals surface area (Å²) in [5.74, 6) is 1.82. The Bertz CT molecular complexity index is 1140. The predicted octanol–water partition coefficient (Wildman–Crippen LogP) is 4.89. The van der Waals surface area contributed by atoms with Gasteiger partial charge in [-0.25, -0.2) is 4.98 Å². The maximum atomic E-state index is 6.72. The van der Waals surface area contributed by atoms with Crippen molar-refractivity contribution < 1.29 is 4.74 Å². The van der Waals surface area contributed by atoms with E-state index in [1.807, 2.05) is 36.2 Å². The van der Waals surface area contributed by atoms with E-state index in [1.165, 1.54) is 4.90 Å². The zero-order chi connectivity index (χ0) is 22.5. The summed E-state index contributed by atoms with van der Waals surface area (Å²) in [6.07, 6.45) is 8.28. The highest BCUT2D eigenvalue weighted by Crippen LogP contribution is 2.32. The molecule has 0 radical (unpaired) electrons. The van der Waals surface area contributed by atoms with Crippen molar-refractivity contribution in [3.05, 3.63) is 84.2 Å². The van der Waals surface area contributed by atoms with Crippen molar-refractivity contribution in [1.82, 2.24) is 24.8 Å². The molecule has 170 valence electrons. The van der Waals surface area contributed by atoms with E-state index < -0.39 is 0 Å². The van der Waals surface area contributed by atoms with Crippen LogP contribution in [0.4, 0.5) is 0 Å². The molecule has 1 fully saturated rings. The predicted molar refractivity (Wildman–Crippen MR) is 132 cm³/mol. The number of benzene rings is 2. The first kappa shape index (κ1) is 22.1. The summed E-state index contributed by atoms with van der Waals surface area (Å²) in [4.78, 5) is 20.5. The molecule has 3 heterocycles. The first-order valence-electron chi connectivity index (χ1n) is 11.5. The standard InChI is InChI=1S/C26H29N5OS/c1-31-14-9-21(10-15-31)32-25(26-29-23-7-2-3-8-24(23)30-26)19-5-4-6-22(17-19)33-16-11-20-18-27-12-13-28-20/h2-8,12-13,17-18,21,25H,9-11,14-16H2,1H3,(H,29,30). The number of aromatic amines is 1. The highest BCUT2D eigenvalue weighted by molar-refractivity contribution is 7.99. The molecule has 0 amide bonds. The number of nitrogens with one attached hydrogen (secondary N) is 1. The molecule has 2 aromatic heterocycles. The average molecular weight is 460 g/mol. The van der Waals surface area contributed by atoms with Gasteiger partial charge in [0, 0.05) is 48.7 Å². The third-order valence-corrected chi connectivity index (χ3v) is 7.05. The van der Waals surface area contributed by atoms with Gasteiger partial charge in [-0.3, -0.25) is 9.97 Å². The van der Waals surface area contributed by atoms with Crippen LogP contribution in [-0.4, -0.2) is 56.8 Å². The van der Waals surface area contributed by atoms with Crippen molar-refractivity contribution in [2.24, 2.45) is 0 Å². The first-order valence-corrected chi connectivity index (χ1v) is 12.5. The van der Waals surface area contributed by atoms with E-state index in [0.717, 1.165) is 66.2 Å². The van der Waals surface area contributed by atoms with Gasteiger partial charge in [-0.15, -0.1) is 11.8 Å². The fraction of sp³-hybridized carbons (Fsp3) is 0.346. The lowest BCUT2D eigenvalue weighted by Gasteiger charge is -2.31. The van der Waals surface area contributed by atoms with E-state index in [-0.39, 0.29) is 12.2 Å². The molecule has 5 rings (SSSR count). The molecule has 4 aromatic rings. The van der Waals surface area contributed by atoms with Crippen LogP contribution in [0.5, 0.6) is 0 Å². The van der Waals surface area contributed by atoms with Crippen LogP contribution in [0.3, 0.4) is 0 Å². The summed E-state index contributed by atoms with van der Waals surface area (Å²) in [5, 5.41) is 0. The van der Waals surface area contributed by atoms with Gasteiger partial charge in [-0.05, 0) is 49.7 Å². The normalized spacial score (nSPS) is 16.3. The zero-order valence-corrected chi connectivity index (χ0v) is 19.7. The van der Waals surface area contributed by atoms with Crippen LogP contribution in [0.1, 0.15) is 36.0 Å². The maximum Gasteiger partial charge on any atom is 0.141 e. The lowest BCUT2D eigenvalue weighted by molar-refractivity contribution is -0.0264. The summed E-state index contributed by atoms with van der Waals surface area (Å²) < 4.78 is 6.72. The number of hydrogen-bond donors (Lipinski definition) is 1. The van der Waals surface area contributed by atoms with E-state index in [0.29, 0.717) is 0 Å². The van der Waals surface area contributed by atoms with Crippen LogP contribution in [0.2, 0.25) is 0 Å². The topological polar surface area (TPSA) is 66.9 Å². The fourth-order valence-electron chi connectivity index (χ4n) is 4.21. The van der Waals surface area contributed by atoms with Crippen LogP contribution in [0.15, 0.2) is 72.0 Å². The minimum absolute atomic E-state index is 0.216. The number of thioether (sulfide) groups is 1. The number of piperidine rings is 1. The van der Waals surface area contributed by atoms with Gasteiger partial charge in [0.25, 0.3) is 0 Å². The number of para-hydroxylation sites is 2.